The molecule has 0 saturated carbocycles. The van der Waals surface area contributed by atoms with E-state index in [4.69, 9.17) is 9.47 Å². The summed E-state index contributed by atoms with van der Waals surface area (Å²) in [6.07, 6.45) is 0.573. The predicted octanol–water partition coefficient (Wildman–Crippen LogP) is -1.09. The van der Waals surface area contributed by atoms with Gasteiger partial charge in [-0.15, -0.1) is 0 Å². The van der Waals surface area contributed by atoms with Crippen molar-refractivity contribution < 1.29 is 17.9 Å². The Balaban J connectivity index is 2.36. The fraction of sp³-hybridized carbons (Fsp3) is 1.00. The van der Waals surface area contributed by atoms with Gasteiger partial charge in [-0.05, 0) is 0 Å². The standard InChI is InChI=1S/C5H11NO4S/c1-11(7,8)6-5-4-9-2-3-10-5/h5-6H,2-4H2,1H3. The molecule has 11 heavy (non-hydrogen) atoms. The number of rotatable bonds is 2. The van der Waals surface area contributed by atoms with Crippen molar-refractivity contribution in [2.24, 2.45) is 0 Å². The fourth-order valence-electron chi connectivity index (χ4n) is 0.795. The van der Waals surface area contributed by atoms with Crippen molar-refractivity contribution in [3.05, 3.63) is 0 Å². The molecule has 1 fully saturated rings. The molecule has 1 heterocycles. The topological polar surface area (TPSA) is 64.6 Å². The molecule has 0 spiro atoms. The number of sulfonamides is 1. The van der Waals surface area contributed by atoms with E-state index in [0.717, 1.165) is 6.26 Å². The molecular formula is C5H11NO4S. The van der Waals surface area contributed by atoms with Gasteiger partial charge in [-0.3, -0.25) is 0 Å². The van der Waals surface area contributed by atoms with Crippen LogP contribution in [-0.2, 0) is 19.5 Å². The summed E-state index contributed by atoms with van der Waals surface area (Å²) in [6, 6.07) is 0. The van der Waals surface area contributed by atoms with Gasteiger partial charge < -0.3 is 9.47 Å². The van der Waals surface area contributed by atoms with Gasteiger partial charge in [0.05, 0.1) is 26.1 Å². The second kappa shape index (κ2) is 3.48. The molecule has 0 radical (unpaired) electrons. The van der Waals surface area contributed by atoms with Gasteiger partial charge in [0.1, 0.15) is 6.23 Å². The molecule has 0 aromatic carbocycles. The molecule has 0 bridgehead atoms. The average molecular weight is 181 g/mol. The minimum atomic E-state index is -3.18. The first-order valence-corrected chi connectivity index (χ1v) is 5.14. The van der Waals surface area contributed by atoms with Gasteiger partial charge in [0.15, 0.2) is 0 Å². The number of nitrogens with one attached hydrogen (secondary N) is 1. The van der Waals surface area contributed by atoms with E-state index < -0.39 is 16.3 Å². The zero-order chi connectivity index (χ0) is 8.32. The second-order valence-electron chi connectivity index (χ2n) is 2.32. The van der Waals surface area contributed by atoms with Gasteiger partial charge in [0.2, 0.25) is 10.0 Å². The SMILES string of the molecule is CS(=O)(=O)NC1COCCO1. The highest BCUT2D eigenvalue weighted by atomic mass is 32.2. The molecule has 1 atom stereocenters. The molecule has 66 valence electrons. The van der Waals surface area contributed by atoms with Crippen molar-refractivity contribution in [2.75, 3.05) is 26.1 Å². The molecule has 1 unspecified atom stereocenters. The third-order valence-corrected chi connectivity index (χ3v) is 1.85. The summed E-state index contributed by atoms with van der Waals surface area (Å²) in [6.45, 7) is 1.25. The minimum absolute atomic E-state index is 0.285. The normalized spacial score (nSPS) is 26.8. The Bertz CT molecular complexity index is 207. The molecular weight excluding hydrogens is 170 g/mol. The maximum atomic E-state index is 10.7. The molecule has 1 aliphatic rings. The lowest BCUT2D eigenvalue weighted by Gasteiger charge is -2.22. The van der Waals surface area contributed by atoms with Crippen LogP contribution in [0.1, 0.15) is 0 Å². The third-order valence-electron chi connectivity index (χ3n) is 1.16. The van der Waals surface area contributed by atoms with Crippen molar-refractivity contribution in [1.29, 1.82) is 0 Å². The van der Waals surface area contributed by atoms with E-state index >= 15 is 0 Å². The summed E-state index contributed by atoms with van der Waals surface area (Å²) in [4.78, 5) is 0. The number of ether oxygens (including phenoxy) is 2. The lowest BCUT2D eigenvalue weighted by molar-refractivity contribution is -0.0920. The van der Waals surface area contributed by atoms with Crippen molar-refractivity contribution >= 4 is 10.0 Å². The summed E-state index contributed by atoms with van der Waals surface area (Å²) in [7, 11) is -3.18. The highest BCUT2D eigenvalue weighted by Crippen LogP contribution is 1.97. The van der Waals surface area contributed by atoms with Gasteiger partial charge in [0, 0.05) is 0 Å². The quantitative estimate of drug-likeness (QED) is 0.588. The van der Waals surface area contributed by atoms with Crippen LogP contribution in [0, 0.1) is 0 Å². The molecule has 6 heteroatoms. The molecule has 1 N–H and O–H groups in total. The van der Waals surface area contributed by atoms with Crippen LogP contribution in [-0.4, -0.2) is 40.7 Å². The lowest BCUT2D eigenvalue weighted by Crippen LogP contribution is -2.43. The van der Waals surface area contributed by atoms with Crippen LogP contribution in [0.3, 0.4) is 0 Å². The smallest absolute Gasteiger partial charge is 0.210 e. The van der Waals surface area contributed by atoms with E-state index in [2.05, 4.69) is 4.72 Å². The van der Waals surface area contributed by atoms with E-state index in [1.807, 2.05) is 0 Å². The Morgan fingerprint density at radius 2 is 2.18 bits per heavy atom. The first-order chi connectivity index (χ1) is 5.08. The molecule has 1 saturated heterocycles. The Morgan fingerprint density at radius 1 is 1.45 bits per heavy atom. The predicted molar refractivity (Wildman–Crippen MR) is 38.5 cm³/mol. The van der Waals surface area contributed by atoms with Gasteiger partial charge >= 0.3 is 0 Å². The highest BCUT2D eigenvalue weighted by molar-refractivity contribution is 7.88. The number of hydrogen-bond donors (Lipinski definition) is 1. The Morgan fingerprint density at radius 3 is 2.64 bits per heavy atom. The summed E-state index contributed by atoms with van der Waals surface area (Å²) in [5.74, 6) is 0. The van der Waals surface area contributed by atoms with Crippen LogP contribution in [0.4, 0.5) is 0 Å². The molecule has 0 aliphatic carbocycles. The van der Waals surface area contributed by atoms with Crippen LogP contribution < -0.4 is 4.72 Å². The van der Waals surface area contributed by atoms with Crippen molar-refractivity contribution in [1.82, 2.24) is 4.72 Å². The van der Waals surface area contributed by atoms with E-state index in [-0.39, 0.29) is 6.61 Å². The maximum Gasteiger partial charge on any atom is 0.210 e. The molecule has 0 aromatic rings. The van der Waals surface area contributed by atoms with E-state index in [0.29, 0.717) is 13.2 Å². The van der Waals surface area contributed by atoms with Crippen LogP contribution >= 0.6 is 0 Å². The van der Waals surface area contributed by atoms with Crippen LogP contribution in [0.5, 0.6) is 0 Å². The zero-order valence-electron chi connectivity index (χ0n) is 6.24. The van der Waals surface area contributed by atoms with Gasteiger partial charge in [0.25, 0.3) is 0 Å². The molecule has 0 amide bonds. The summed E-state index contributed by atoms with van der Waals surface area (Å²) in [5.41, 5.74) is 0. The first kappa shape index (κ1) is 8.92. The fourth-order valence-corrected chi connectivity index (χ4v) is 1.41. The molecule has 0 aromatic heterocycles. The van der Waals surface area contributed by atoms with Crippen LogP contribution in [0.25, 0.3) is 0 Å². The van der Waals surface area contributed by atoms with Crippen LogP contribution in [0.15, 0.2) is 0 Å². The van der Waals surface area contributed by atoms with E-state index in [9.17, 15) is 8.42 Å². The summed E-state index contributed by atoms with van der Waals surface area (Å²) >= 11 is 0. The van der Waals surface area contributed by atoms with Gasteiger partial charge in [-0.25, -0.2) is 8.42 Å². The van der Waals surface area contributed by atoms with Crippen molar-refractivity contribution in [3.8, 4) is 0 Å². The van der Waals surface area contributed by atoms with E-state index in [1.54, 1.807) is 0 Å². The minimum Gasteiger partial charge on any atom is -0.375 e. The molecule has 1 rings (SSSR count). The largest absolute Gasteiger partial charge is 0.375 e. The van der Waals surface area contributed by atoms with Gasteiger partial charge in [-0.1, -0.05) is 0 Å². The second-order valence-corrected chi connectivity index (χ2v) is 4.10. The van der Waals surface area contributed by atoms with Crippen molar-refractivity contribution in [2.45, 2.75) is 6.23 Å². The third kappa shape index (κ3) is 3.66. The molecule has 5 nitrogen and oxygen atoms in total. The first-order valence-electron chi connectivity index (χ1n) is 3.24. The Hall–Kier alpha value is -0.170. The van der Waals surface area contributed by atoms with Crippen LogP contribution in [0.2, 0.25) is 0 Å². The highest BCUT2D eigenvalue weighted by Gasteiger charge is 2.17. The summed E-state index contributed by atoms with van der Waals surface area (Å²) < 4.78 is 33.6. The monoisotopic (exact) mass is 181 g/mol. The van der Waals surface area contributed by atoms with Gasteiger partial charge in [-0.2, -0.15) is 4.72 Å². The zero-order valence-corrected chi connectivity index (χ0v) is 7.06. The van der Waals surface area contributed by atoms with Crippen molar-refractivity contribution in [3.63, 3.8) is 0 Å². The lowest BCUT2D eigenvalue weighted by atomic mass is 10.6. The van der Waals surface area contributed by atoms with E-state index in [1.165, 1.54) is 0 Å². The average Bonchev–Trinajstić information content (AvgIpc) is 1.85. The Kier molecular flexibility index (Phi) is 2.83. The Labute approximate surface area is 65.7 Å². The maximum absolute atomic E-state index is 10.7. The molecule has 1 aliphatic heterocycles. The summed E-state index contributed by atoms with van der Waals surface area (Å²) in [5, 5.41) is 0. The number of hydrogen-bond acceptors (Lipinski definition) is 4.